The Morgan fingerprint density at radius 2 is 1.27 bits per heavy atom. The zero-order valence-corrected chi connectivity index (χ0v) is 13.4. The SMILES string of the molecule is OC[C@@]12CNC[C@@H]1CCOC2.OC[C@]12CNC[C@H]1CCOC2. The number of ether oxygens (including phenoxy) is 2. The standard InChI is InChI=1S/2C8H15NO2/c2*10-5-8-4-9-3-7(8)1-2-11-6-8/h2*7,9-10H,1-6H2/t2*7-,8+/m10/s1. The molecule has 4 atom stereocenters. The quantitative estimate of drug-likeness (QED) is 0.535. The van der Waals surface area contributed by atoms with Crippen molar-refractivity contribution < 1.29 is 19.7 Å². The lowest BCUT2D eigenvalue weighted by Gasteiger charge is -2.36. The Balaban J connectivity index is 0.000000131. The highest BCUT2D eigenvalue weighted by atomic mass is 16.5. The van der Waals surface area contributed by atoms with Gasteiger partial charge in [0.2, 0.25) is 0 Å². The molecule has 0 unspecified atom stereocenters. The summed E-state index contributed by atoms with van der Waals surface area (Å²) in [6, 6.07) is 0. The molecule has 4 fully saturated rings. The van der Waals surface area contributed by atoms with Gasteiger partial charge in [-0.3, -0.25) is 0 Å². The number of aliphatic hydroxyl groups is 2. The maximum Gasteiger partial charge on any atom is 0.0559 e. The Morgan fingerprint density at radius 1 is 0.818 bits per heavy atom. The topological polar surface area (TPSA) is 83.0 Å². The average Bonchev–Trinajstić information content (AvgIpc) is 3.20. The van der Waals surface area contributed by atoms with Crippen LogP contribution in [-0.4, -0.2) is 76.0 Å². The molecule has 0 aromatic carbocycles. The van der Waals surface area contributed by atoms with Gasteiger partial charge in [-0.2, -0.15) is 0 Å². The van der Waals surface area contributed by atoms with E-state index in [0.29, 0.717) is 11.8 Å². The van der Waals surface area contributed by atoms with Crippen LogP contribution >= 0.6 is 0 Å². The van der Waals surface area contributed by atoms with Crippen molar-refractivity contribution in [1.82, 2.24) is 10.6 Å². The molecule has 4 saturated heterocycles. The molecular weight excluding hydrogens is 284 g/mol. The van der Waals surface area contributed by atoms with Crippen molar-refractivity contribution in [3.63, 3.8) is 0 Å². The summed E-state index contributed by atoms with van der Waals surface area (Å²) in [4.78, 5) is 0. The molecule has 0 spiro atoms. The molecule has 22 heavy (non-hydrogen) atoms. The average molecular weight is 314 g/mol. The molecule has 4 aliphatic heterocycles. The predicted molar refractivity (Wildman–Crippen MR) is 82.6 cm³/mol. The number of hydrogen-bond acceptors (Lipinski definition) is 6. The van der Waals surface area contributed by atoms with Crippen molar-refractivity contribution >= 4 is 0 Å². The van der Waals surface area contributed by atoms with E-state index in [1.165, 1.54) is 0 Å². The fourth-order valence-corrected chi connectivity index (χ4v) is 4.33. The molecule has 4 rings (SSSR count). The minimum Gasteiger partial charge on any atom is -0.396 e. The van der Waals surface area contributed by atoms with Crippen molar-refractivity contribution in [3.05, 3.63) is 0 Å². The van der Waals surface area contributed by atoms with E-state index >= 15 is 0 Å². The van der Waals surface area contributed by atoms with Gasteiger partial charge in [-0.25, -0.2) is 0 Å². The first-order chi connectivity index (χ1) is 10.7. The predicted octanol–water partition coefficient (Wildman–Crippen LogP) is -0.790. The highest BCUT2D eigenvalue weighted by molar-refractivity contribution is 4.97. The lowest BCUT2D eigenvalue weighted by Crippen LogP contribution is -2.42. The number of fused-ring (bicyclic) bond motifs is 2. The maximum absolute atomic E-state index is 9.23. The summed E-state index contributed by atoms with van der Waals surface area (Å²) in [5.41, 5.74) is 0.108. The first-order valence-electron chi connectivity index (χ1n) is 8.53. The lowest BCUT2D eigenvalue weighted by atomic mass is 9.76. The summed E-state index contributed by atoms with van der Waals surface area (Å²) >= 11 is 0. The summed E-state index contributed by atoms with van der Waals surface area (Å²) in [6.45, 7) is 7.72. The highest BCUT2D eigenvalue weighted by Crippen LogP contribution is 2.37. The Bertz CT molecular complexity index is 336. The number of hydrogen-bond donors (Lipinski definition) is 4. The van der Waals surface area contributed by atoms with Crippen molar-refractivity contribution in [2.45, 2.75) is 12.8 Å². The van der Waals surface area contributed by atoms with Gasteiger partial charge in [0.25, 0.3) is 0 Å². The molecular formula is C16H30N2O4. The first-order valence-corrected chi connectivity index (χ1v) is 8.53. The van der Waals surface area contributed by atoms with Gasteiger partial charge in [-0.05, 0) is 37.8 Å². The van der Waals surface area contributed by atoms with Crippen LogP contribution in [0, 0.1) is 22.7 Å². The van der Waals surface area contributed by atoms with E-state index in [4.69, 9.17) is 9.47 Å². The minimum atomic E-state index is 0.0538. The van der Waals surface area contributed by atoms with Crippen LogP contribution in [0.25, 0.3) is 0 Å². The first kappa shape index (κ1) is 16.6. The second-order valence-corrected chi connectivity index (χ2v) is 7.38. The molecule has 0 radical (unpaired) electrons. The second-order valence-electron chi connectivity index (χ2n) is 7.38. The van der Waals surface area contributed by atoms with E-state index in [9.17, 15) is 10.2 Å². The van der Waals surface area contributed by atoms with Crippen LogP contribution in [0.15, 0.2) is 0 Å². The number of nitrogens with one attached hydrogen (secondary N) is 2. The molecule has 128 valence electrons. The molecule has 0 saturated carbocycles. The zero-order valence-electron chi connectivity index (χ0n) is 13.4. The van der Waals surface area contributed by atoms with Crippen molar-refractivity contribution in [3.8, 4) is 0 Å². The van der Waals surface area contributed by atoms with E-state index in [2.05, 4.69) is 10.6 Å². The normalized spacial score (nSPS) is 43.9. The van der Waals surface area contributed by atoms with Crippen LogP contribution in [0.5, 0.6) is 0 Å². The van der Waals surface area contributed by atoms with Crippen LogP contribution in [0.4, 0.5) is 0 Å². The van der Waals surface area contributed by atoms with Crippen LogP contribution in [0.2, 0.25) is 0 Å². The molecule has 0 amide bonds. The van der Waals surface area contributed by atoms with Gasteiger partial charge in [0.15, 0.2) is 0 Å². The number of aliphatic hydroxyl groups excluding tert-OH is 2. The highest BCUT2D eigenvalue weighted by Gasteiger charge is 2.45. The molecule has 0 aromatic rings. The third kappa shape index (κ3) is 3.05. The Kier molecular flexibility index (Phi) is 5.37. The van der Waals surface area contributed by atoms with Gasteiger partial charge >= 0.3 is 0 Å². The monoisotopic (exact) mass is 314 g/mol. The fourth-order valence-electron chi connectivity index (χ4n) is 4.33. The second kappa shape index (κ2) is 7.11. The maximum atomic E-state index is 9.23. The summed E-state index contributed by atoms with van der Waals surface area (Å²) in [5, 5.41) is 25.1. The fraction of sp³-hybridized carbons (Fsp3) is 1.00. The molecule has 6 nitrogen and oxygen atoms in total. The largest absolute Gasteiger partial charge is 0.396 e. The Morgan fingerprint density at radius 3 is 1.64 bits per heavy atom. The van der Waals surface area contributed by atoms with Gasteiger partial charge in [0.1, 0.15) is 0 Å². The van der Waals surface area contributed by atoms with Crippen LogP contribution < -0.4 is 10.6 Å². The third-order valence-corrected chi connectivity index (χ3v) is 6.10. The number of rotatable bonds is 2. The summed E-state index contributed by atoms with van der Waals surface area (Å²) in [7, 11) is 0. The molecule has 0 aliphatic carbocycles. The molecule has 4 heterocycles. The van der Waals surface area contributed by atoms with E-state index < -0.39 is 0 Å². The summed E-state index contributed by atoms with van der Waals surface area (Å²) < 4.78 is 10.8. The van der Waals surface area contributed by atoms with E-state index in [0.717, 1.165) is 65.4 Å². The zero-order chi connectivity index (χ0) is 15.5. The van der Waals surface area contributed by atoms with Gasteiger partial charge in [0.05, 0.1) is 26.4 Å². The van der Waals surface area contributed by atoms with E-state index in [1.54, 1.807) is 0 Å². The van der Waals surface area contributed by atoms with Gasteiger partial charge < -0.3 is 30.3 Å². The summed E-state index contributed by atoms with van der Waals surface area (Å²) in [5.74, 6) is 1.28. The summed E-state index contributed by atoms with van der Waals surface area (Å²) in [6.07, 6.45) is 2.21. The lowest BCUT2D eigenvalue weighted by molar-refractivity contribution is -0.0546. The van der Waals surface area contributed by atoms with E-state index in [-0.39, 0.29) is 24.0 Å². The van der Waals surface area contributed by atoms with Crippen LogP contribution in [0.1, 0.15) is 12.8 Å². The smallest absolute Gasteiger partial charge is 0.0559 e. The van der Waals surface area contributed by atoms with Gasteiger partial charge in [-0.15, -0.1) is 0 Å². The van der Waals surface area contributed by atoms with Crippen LogP contribution in [-0.2, 0) is 9.47 Å². The molecule has 0 bridgehead atoms. The molecule has 0 aromatic heterocycles. The third-order valence-electron chi connectivity index (χ3n) is 6.10. The molecule has 4 N–H and O–H groups in total. The molecule has 4 aliphatic rings. The van der Waals surface area contributed by atoms with Gasteiger partial charge in [0, 0.05) is 37.1 Å². The van der Waals surface area contributed by atoms with Crippen LogP contribution in [0.3, 0.4) is 0 Å². The van der Waals surface area contributed by atoms with Crippen molar-refractivity contribution in [1.29, 1.82) is 0 Å². The Hall–Kier alpha value is -0.240. The van der Waals surface area contributed by atoms with Gasteiger partial charge in [-0.1, -0.05) is 0 Å². The Labute approximate surface area is 132 Å². The van der Waals surface area contributed by atoms with E-state index in [1.807, 2.05) is 0 Å². The van der Waals surface area contributed by atoms with Crippen molar-refractivity contribution in [2.75, 3.05) is 65.8 Å². The molecule has 6 heteroatoms. The minimum absolute atomic E-state index is 0.0538. The van der Waals surface area contributed by atoms with Crippen molar-refractivity contribution in [2.24, 2.45) is 22.7 Å².